The fraction of sp³-hybridized carbons (Fsp3) is 0.929. The first-order valence-electron chi connectivity index (χ1n) is 7.27. The number of carbonyl (C=O) groups is 1. The van der Waals surface area contributed by atoms with E-state index in [2.05, 4.69) is 0 Å². The Morgan fingerprint density at radius 2 is 2.25 bits per heavy atom. The maximum absolute atomic E-state index is 12.2. The van der Waals surface area contributed by atoms with Crippen LogP contribution in [0.2, 0.25) is 0 Å². The number of likely N-dealkylation sites (tertiary alicyclic amines) is 1. The van der Waals surface area contributed by atoms with Gasteiger partial charge in [0.2, 0.25) is 0 Å². The third kappa shape index (κ3) is 3.84. The molecule has 0 aromatic heterocycles. The molecule has 2 aliphatic rings. The van der Waals surface area contributed by atoms with Crippen LogP contribution in [0.25, 0.3) is 0 Å². The SMILES string of the molecule is CC(C)(C)OC(=O)N1CCCC2(COCC(CN)O2)C1. The first kappa shape index (κ1) is 15.5. The molecule has 2 heterocycles. The monoisotopic (exact) mass is 286 g/mol. The van der Waals surface area contributed by atoms with Gasteiger partial charge in [-0.1, -0.05) is 0 Å². The zero-order chi connectivity index (χ0) is 14.8. The Bertz CT molecular complexity index is 352. The Morgan fingerprint density at radius 3 is 2.90 bits per heavy atom. The highest BCUT2D eigenvalue weighted by molar-refractivity contribution is 5.68. The lowest BCUT2D eigenvalue weighted by molar-refractivity contribution is -0.211. The summed E-state index contributed by atoms with van der Waals surface area (Å²) in [5, 5.41) is 0. The molecule has 0 radical (unpaired) electrons. The van der Waals surface area contributed by atoms with Crippen molar-refractivity contribution in [2.24, 2.45) is 5.73 Å². The van der Waals surface area contributed by atoms with Gasteiger partial charge in [0.15, 0.2) is 0 Å². The summed E-state index contributed by atoms with van der Waals surface area (Å²) in [6.07, 6.45) is 1.42. The van der Waals surface area contributed by atoms with Crippen LogP contribution in [0.3, 0.4) is 0 Å². The van der Waals surface area contributed by atoms with Gasteiger partial charge in [0.1, 0.15) is 11.2 Å². The van der Waals surface area contributed by atoms with Gasteiger partial charge in [0, 0.05) is 13.1 Å². The lowest BCUT2D eigenvalue weighted by Gasteiger charge is -2.46. The van der Waals surface area contributed by atoms with Crippen molar-refractivity contribution in [2.45, 2.75) is 50.9 Å². The molecule has 0 bridgehead atoms. The molecule has 1 spiro atoms. The van der Waals surface area contributed by atoms with E-state index >= 15 is 0 Å². The Kier molecular flexibility index (Phi) is 4.56. The van der Waals surface area contributed by atoms with E-state index in [0.29, 0.717) is 32.8 Å². The molecule has 20 heavy (non-hydrogen) atoms. The van der Waals surface area contributed by atoms with Gasteiger partial charge in [0.25, 0.3) is 0 Å². The fourth-order valence-electron chi connectivity index (χ4n) is 2.71. The molecule has 6 heteroatoms. The number of nitrogens with two attached hydrogens (primary N) is 1. The molecule has 2 unspecified atom stereocenters. The summed E-state index contributed by atoms with van der Waals surface area (Å²) in [7, 11) is 0. The van der Waals surface area contributed by atoms with Crippen molar-refractivity contribution in [3.8, 4) is 0 Å². The molecular formula is C14H26N2O4. The Balaban J connectivity index is 1.99. The Hall–Kier alpha value is -0.850. The Labute approximate surface area is 120 Å². The number of ether oxygens (including phenoxy) is 3. The van der Waals surface area contributed by atoms with Gasteiger partial charge in [-0.05, 0) is 33.6 Å². The van der Waals surface area contributed by atoms with Gasteiger partial charge in [0.05, 0.1) is 25.9 Å². The first-order chi connectivity index (χ1) is 9.34. The average Bonchev–Trinajstić information content (AvgIpc) is 2.37. The first-order valence-corrected chi connectivity index (χ1v) is 7.27. The highest BCUT2D eigenvalue weighted by Crippen LogP contribution is 2.30. The van der Waals surface area contributed by atoms with Crippen molar-refractivity contribution < 1.29 is 19.0 Å². The highest BCUT2D eigenvalue weighted by Gasteiger charge is 2.43. The molecular weight excluding hydrogens is 260 g/mol. The zero-order valence-corrected chi connectivity index (χ0v) is 12.7. The lowest BCUT2D eigenvalue weighted by Crippen LogP contribution is -2.59. The fourth-order valence-corrected chi connectivity index (χ4v) is 2.71. The third-order valence-corrected chi connectivity index (χ3v) is 3.54. The third-order valence-electron chi connectivity index (χ3n) is 3.54. The predicted molar refractivity (Wildman–Crippen MR) is 74.5 cm³/mol. The second-order valence-corrected chi connectivity index (χ2v) is 6.68. The van der Waals surface area contributed by atoms with E-state index < -0.39 is 11.2 Å². The summed E-state index contributed by atoms with van der Waals surface area (Å²) < 4.78 is 17.1. The minimum atomic E-state index is -0.481. The van der Waals surface area contributed by atoms with Crippen molar-refractivity contribution in [1.29, 1.82) is 0 Å². The molecule has 0 saturated carbocycles. The van der Waals surface area contributed by atoms with Crippen molar-refractivity contribution in [3.05, 3.63) is 0 Å². The number of hydrogen-bond donors (Lipinski definition) is 1. The number of nitrogens with zero attached hydrogens (tertiary/aromatic N) is 1. The van der Waals surface area contributed by atoms with E-state index in [9.17, 15) is 4.79 Å². The summed E-state index contributed by atoms with van der Waals surface area (Å²) in [5.74, 6) is 0. The summed E-state index contributed by atoms with van der Waals surface area (Å²) in [6.45, 7) is 8.31. The molecule has 0 aliphatic carbocycles. The smallest absolute Gasteiger partial charge is 0.410 e. The van der Waals surface area contributed by atoms with Crippen LogP contribution in [0, 0.1) is 0 Å². The van der Waals surface area contributed by atoms with Crippen LogP contribution < -0.4 is 5.73 Å². The van der Waals surface area contributed by atoms with Gasteiger partial charge in [-0.15, -0.1) is 0 Å². The van der Waals surface area contributed by atoms with E-state index in [4.69, 9.17) is 19.9 Å². The standard InChI is InChI=1S/C14H26N2O4/c1-13(2,3)20-12(17)16-6-4-5-14(9-16)10-18-8-11(7-15)19-14/h11H,4-10,15H2,1-3H3. The summed E-state index contributed by atoms with van der Waals surface area (Å²) in [5.41, 5.74) is 4.76. The van der Waals surface area contributed by atoms with Crippen LogP contribution in [0.5, 0.6) is 0 Å². The molecule has 2 saturated heterocycles. The van der Waals surface area contributed by atoms with Crippen molar-refractivity contribution in [3.63, 3.8) is 0 Å². The normalized spacial score (nSPS) is 31.4. The number of rotatable bonds is 1. The lowest BCUT2D eigenvalue weighted by atomic mass is 9.92. The van der Waals surface area contributed by atoms with Crippen LogP contribution in [0.15, 0.2) is 0 Å². The van der Waals surface area contributed by atoms with Crippen molar-refractivity contribution >= 4 is 6.09 Å². The average molecular weight is 286 g/mol. The number of piperidine rings is 1. The molecule has 2 N–H and O–H groups in total. The second-order valence-electron chi connectivity index (χ2n) is 6.68. The van der Waals surface area contributed by atoms with Gasteiger partial charge in [-0.2, -0.15) is 0 Å². The number of carbonyl (C=O) groups excluding carboxylic acids is 1. The van der Waals surface area contributed by atoms with E-state index in [1.807, 2.05) is 20.8 Å². The van der Waals surface area contributed by atoms with Gasteiger partial charge < -0.3 is 24.8 Å². The predicted octanol–water partition coefficient (Wildman–Crippen LogP) is 1.13. The molecule has 0 aromatic rings. The molecule has 116 valence electrons. The van der Waals surface area contributed by atoms with E-state index in [1.165, 1.54) is 0 Å². The van der Waals surface area contributed by atoms with E-state index in [-0.39, 0.29) is 12.2 Å². The van der Waals surface area contributed by atoms with Crippen LogP contribution >= 0.6 is 0 Å². The van der Waals surface area contributed by atoms with E-state index in [0.717, 1.165) is 12.8 Å². The summed E-state index contributed by atoms with van der Waals surface area (Å²) in [6, 6.07) is 0. The van der Waals surface area contributed by atoms with E-state index in [1.54, 1.807) is 4.90 Å². The quantitative estimate of drug-likeness (QED) is 0.782. The largest absolute Gasteiger partial charge is 0.444 e. The maximum Gasteiger partial charge on any atom is 0.410 e. The van der Waals surface area contributed by atoms with Crippen LogP contribution in [-0.2, 0) is 14.2 Å². The Morgan fingerprint density at radius 1 is 1.50 bits per heavy atom. The van der Waals surface area contributed by atoms with Gasteiger partial charge in [-0.25, -0.2) is 4.79 Å². The minimum Gasteiger partial charge on any atom is -0.444 e. The summed E-state index contributed by atoms with van der Waals surface area (Å²) >= 11 is 0. The van der Waals surface area contributed by atoms with Crippen molar-refractivity contribution in [2.75, 3.05) is 32.8 Å². The molecule has 2 fully saturated rings. The second kappa shape index (κ2) is 5.87. The van der Waals surface area contributed by atoms with Crippen LogP contribution in [0.1, 0.15) is 33.6 Å². The van der Waals surface area contributed by atoms with Gasteiger partial charge in [-0.3, -0.25) is 0 Å². The highest BCUT2D eigenvalue weighted by atomic mass is 16.6. The van der Waals surface area contributed by atoms with Crippen LogP contribution in [0.4, 0.5) is 4.79 Å². The molecule has 2 aliphatic heterocycles. The molecule has 1 amide bonds. The van der Waals surface area contributed by atoms with Gasteiger partial charge >= 0.3 is 6.09 Å². The molecule has 6 nitrogen and oxygen atoms in total. The number of hydrogen-bond acceptors (Lipinski definition) is 5. The minimum absolute atomic E-state index is 0.0812. The molecule has 0 aromatic carbocycles. The summed E-state index contributed by atoms with van der Waals surface area (Å²) in [4.78, 5) is 13.9. The molecule has 2 atom stereocenters. The molecule has 2 rings (SSSR count). The number of amides is 1. The zero-order valence-electron chi connectivity index (χ0n) is 12.7. The maximum atomic E-state index is 12.2. The van der Waals surface area contributed by atoms with Crippen LogP contribution in [-0.4, -0.2) is 61.1 Å². The van der Waals surface area contributed by atoms with Crippen molar-refractivity contribution in [1.82, 2.24) is 4.90 Å². The topological polar surface area (TPSA) is 74.0 Å².